The summed E-state index contributed by atoms with van der Waals surface area (Å²) in [7, 11) is 0. The number of hydrogen-bond acceptors (Lipinski definition) is 2. The average molecular weight is 272 g/mol. The fourth-order valence-corrected chi connectivity index (χ4v) is 1.80. The van der Waals surface area contributed by atoms with Crippen LogP contribution in [0.5, 0.6) is 0 Å². The molecule has 0 heterocycles. The van der Waals surface area contributed by atoms with Crippen molar-refractivity contribution in [3.63, 3.8) is 0 Å². The second-order valence-electron chi connectivity index (χ2n) is 4.27. The van der Waals surface area contributed by atoms with Crippen LogP contribution in [-0.4, -0.2) is 16.2 Å². The molecular formula is C16H13FO3. The molecule has 2 aromatic carbocycles. The predicted octanol–water partition coefficient (Wildman–Crippen LogP) is 3.17. The van der Waals surface area contributed by atoms with Gasteiger partial charge in [0.15, 0.2) is 0 Å². The third-order valence-corrected chi connectivity index (χ3v) is 2.85. The summed E-state index contributed by atoms with van der Waals surface area (Å²) in [6, 6.07) is 13.1. The highest BCUT2D eigenvalue weighted by atomic mass is 19.1. The van der Waals surface area contributed by atoms with Crippen LogP contribution < -0.4 is 0 Å². The van der Waals surface area contributed by atoms with Gasteiger partial charge in [-0.15, -0.1) is 0 Å². The fourth-order valence-electron chi connectivity index (χ4n) is 1.80. The smallest absolute Gasteiger partial charge is 0.328 e. The summed E-state index contributed by atoms with van der Waals surface area (Å²) in [5, 5.41) is 18.3. The van der Waals surface area contributed by atoms with Gasteiger partial charge in [0, 0.05) is 6.08 Å². The number of halogens is 1. The van der Waals surface area contributed by atoms with Gasteiger partial charge in [0.05, 0.1) is 6.10 Å². The van der Waals surface area contributed by atoms with Crippen molar-refractivity contribution in [3.05, 3.63) is 72.1 Å². The monoisotopic (exact) mass is 272 g/mol. The molecule has 0 aromatic heterocycles. The maximum atomic E-state index is 12.8. The van der Waals surface area contributed by atoms with E-state index in [0.717, 1.165) is 17.2 Å². The van der Waals surface area contributed by atoms with Gasteiger partial charge in [-0.1, -0.05) is 36.4 Å². The summed E-state index contributed by atoms with van der Waals surface area (Å²) >= 11 is 0. The van der Waals surface area contributed by atoms with E-state index in [9.17, 15) is 14.3 Å². The molecule has 0 radical (unpaired) electrons. The lowest BCUT2D eigenvalue weighted by atomic mass is 10.0. The molecule has 0 saturated heterocycles. The van der Waals surface area contributed by atoms with Gasteiger partial charge in [0.1, 0.15) is 5.82 Å². The normalized spacial score (nSPS) is 12.5. The van der Waals surface area contributed by atoms with E-state index in [4.69, 9.17) is 5.11 Å². The molecule has 2 aromatic rings. The molecule has 0 aliphatic rings. The van der Waals surface area contributed by atoms with Crippen LogP contribution >= 0.6 is 0 Å². The lowest BCUT2D eigenvalue weighted by Gasteiger charge is -2.07. The summed E-state index contributed by atoms with van der Waals surface area (Å²) in [5.74, 6) is -1.40. The van der Waals surface area contributed by atoms with E-state index in [-0.39, 0.29) is 5.82 Å². The SMILES string of the molecule is O=C(O)C=CC(O)c1ccc(-c2ccc(F)cc2)cc1. The molecule has 0 aliphatic carbocycles. The Morgan fingerprint density at radius 3 is 2.00 bits per heavy atom. The van der Waals surface area contributed by atoms with Crippen LogP contribution in [0.2, 0.25) is 0 Å². The number of aliphatic hydroxyl groups is 1. The Labute approximate surface area is 115 Å². The summed E-state index contributed by atoms with van der Waals surface area (Å²) in [5.41, 5.74) is 2.35. The van der Waals surface area contributed by atoms with Crippen molar-refractivity contribution >= 4 is 5.97 Å². The first-order valence-electron chi connectivity index (χ1n) is 6.01. The Bertz CT molecular complexity index is 615. The number of carbonyl (C=O) groups is 1. The Kier molecular flexibility index (Phi) is 4.27. The van der Waals surface area contributed by atoms with E-state index in [1.165, 1.54) is 18.2 Å². The fraction of sp³-hybridized carbons (Fsp3) is 0.0625. The van der Waals surface area contributed by atoms with Gasteiger partial charge in [-0.2, -0.15) is 0 Å². The van der Waals surface area contributed by atoms with Crippen molar-refractivity contribution in [2.75, 3.05) is 0 Å². The summed E-state index contributed by atoms with van der Waals surface area (Å²) < 4.78 is 12.8. The van der Waals surface area contributed by atoms with Gasteiger partial charge in [-0.25, -0.2) is 9.18 Å². The maximum absolute atomic E-state index is 12.8. The lowest BCUT2D eigenvalue weighted by Crippen LogP contribution is -1.95. The Balaban J connectivity index is 2.17. The molecule has 1 unspecified atom stereocenters. The topological polar surface area (TPSA) is 57.5 Å². The van der Waals surface area contributed by atoms with Gasteiger partial charge in [0.2, 0.25) is 0 Å². The molecular weight excluding hydrogens is 259 g/mol. The van der Waals surface area contributed by atoms with Crippen LogP contribution in [0.25, 0.3) is 11.1 Å². The predicted molar refractivity (Wildman–Crippen MR) is 73.6 cm³/mol. The van der Waals surface area contributed by atoms with Crippen molar-refractivity contribution in [1.82, 2.24) is 0 Å². The number of rotatable bonds is 4. The minimum Gasteiger partial charge on any atom is -0.478 e. The molecule has 0 amide bonds. The quantitative estimate of drug-likeness (QED) is 0.840. The number of aliphatic hydroxyl groups excluding tert-OH is 1. The van der Waals surface area contributed by atoms with E-state index in [2.05, 4.69) is 0 Å². The highest BCUT2D eigenvalue weighted by Crippen LogP contribution is 2.22. The Morgan fingerprint density at radius 1 is 1.00 bits per heavy atom. The van der Waals surface area contributed by atoms with E-state index >= 15 is 0 Å². The Hall–Kier alpha value is -2.46. The molecule has 4 heteroatoms. The second-order valence-corrected chi connectivity index (χ2v) is 4.27. The van der Waals surface area contributed by atoms with Crippen LogP contribution in [-0.2, 0) is 4.79 Å². The molecule has 20 heavy (non-hydrogen) atoms. The van der Waals surface area contributed by atoms with Gasteiger partial charge in [-0.3, -0.25) is 0 Å². The molecule has 2 N–H and O–H groups in total. The number of benzene rings is 2. The highest BCUT2D eigenvalue weighted by Gasteiger charge is 2.05. The standard InChI is InChI=1S/C16H13FO3/c17-14-7-5-12(6-8-14)11-1-3-13(4-2-11)15(18)9-10-16(19)20/h1-10,15,18H,(H,19,20). The first kappa shape index (κ1) is 14.0. The van der Waals surface area contributed by atoms with Gasteiger partial charge < -0.3 is 10.2 Å². The van der Waals surface area contributed by atoms with E-state index in [1.54, 1.807) is 36.4 Å². The largest absolute Gasteiger partial charge is 0.478 e. The number of hydrogen-bond donors (Lipinski definition) is 2. The lowest BCUT2D eigenvalue weighted by molar-refractivity contribution is -0.131. The molecule has 0 fully saturated rings. The van der Waals surface area contributed by atoms with Crippen molar-refractivity contribution in [2.45, 2.75) is 6.10 Å². The number of carboxylic acids is 1. The van der Waals surface area contributed by atoms with Crippen LogP contribution in [0.3, 0.4) is 0 Å². The zero-order valence-electron chi connectivity index (χ0n) is 10.5. The molecule has 1 atom stereocenters. The number of aliphatic carboxylic acids is 1. The third-order valence-electron chi connectivity index (χ3n) is 2.85. The van der Waals surface area contributed by atoms with E-state index in [1.807, 2.05) is 0 Å². The average Bonchev–Trinajstić information content (AvgIpc) is 2.46. The molecule has 3 nitrogen and oxygen atoms in total. The summed E-state index contributed by atoms with van der Waals surface area (Å²) in [4.78, 5) is 10.4. The minimum absolute atomic E-state index is 0.292. The maximum Gasteiger partial charge on any atom is 0.328 e. The van der Waals surface area contributed by atoms with Crippen molar-refractivity contribution in [2.24, 2.45) is 0 Å². The van der Waals surface area contributed by atoms with Crippen LogP contribution in [0.4, 0.5) is 4.39 Å². The van der Waals surface area contributed by atoms with E-state index < -0.39 is 12.1 Å². The molecule has 102 valence electrons. The zero-order valence-corrected chi connectivity index (χ0v) is 10.5. The molecule has 0 spiro atoms. The molecule has 0 bridgehead atoms. The Morgan fingerprint density at radius 2 is 1.50 bits per heavy atom. The molecule has 0 saturated carbocycles. The minimum atomic E-state index is -1.10. The summed E-state index contributed by atoms with van der Waals surface area (Å²) in [6.45, 7) is 0. The third kappa shape index (κ3) is 3.52. The molecule has 0 aliphatic heterocycles. The number of carboxylic acid groups (broad SMARTS) is 1. The van der Waals surface area contributed by atoms with Crippen LogP contribution in [0.15, 0.2) is 60.7 Å². The van der Waals surface area contributed by atoms with Gasteiger partial charge in [-0.05, 0) is 34.9 Å². The van der Waals surface area contributed by atoms with Crippen molar-refractivity contribution < 1.29 is 19.4 Å². The first-order chi connectivity index (χ1) is 9.56. The summed E-state index contributed by atoms with van der Waals surface area (Å²) in [6.07, 6.45) is 1.14. The first-order valence-corrected chi connectivity index (χ1v) is 6.01. The van der Waals surface area contributed by atoms with Gasteiger partial charge in [0.25, 0.3) is 0 Å². The van der Waals surface area contributed by atoms with Crippen molar-refractivity contribution in [3.8, 4) is 11.1 Å². The second kappa shape index (κ2) is 6.12. The highest BCUT2D eigenvalue weighted by molar-refractivity contribution is 5.79. The zero-order chi connectivity index (χ0) is 14.5. The molecule has 2 rings (SSSR count). The van der Waals surface area contributed by atoms with E-state index in [0.29, 0.717) is 5.56 Å². The van der Waals surface area contributed by atoms with Crippen LogP contribution in [0, 0.1) is 5.82 Å². The van der Waals surface area contributed by atoms with Gasteiger partial charge >= 0.3 is 5.97 Å². The van der Waals surface area contributed by atoms with Crippen molar-refractivity contribution in [1.29, 1.82) is 0 Å². The van der Waals surface area contributed by atoms with Crippen LogP contribution in [0.1, 0.15) is 11.7 Å².